The molecule has 0 spiro atoms. The Balaban J connectivity index is 1.72. The molecule has 0 amide bonds. The number of likely N-dealkylation sites (tertiary alicyclic amines) is 1. The highest BCUT2D eigenvalue weighted by Crippen LogP contribution is 2.32. The monoisotopic (exact) mass is 316 g/mol. The minimum Gasteiger partial charge on any atom is -0.493 e. The van der Waals surface area contributed by atoms with Gasteiger partial charge in [-0.25, -0.2) is 0 Å². The first-order chi connectivity index (χ1) is 11.2. The molecule has 5 nitrogen and oxygen atoms in total. The van der Waals surface area contributed by atoms with E-state index in [4.69, 9.17) is 9.47 Å². The van der Waals surface area contributed by atoms with Crippen molar-refractivity contribution in [1.82, 2.24) is 9.88 Å². The fourth-order valence-electron chi connectivity index (χ4n) is 3.18. The number of nitrogens with one attached hydrogen (secondary N) is 1. The molecule has 23 heavy (non-hydrogen) atoms. The Morgan fingerprint density at radius 1 is 1.17 bits per heavy atom. The van der Waals surface area contributed by atoms with Gasteiger partial charge >= 0.3 is 0 Å². The smallest absolute Gasteiger partial charge is 0.248 e. The Hall–Kier alpha value is -2.01. The highest BCUT2D eigenvalue weighted by molar-refractivity contribution is 5.85. The van der Waals surface area contributed by atoms with Gasteiger partial charge in [0, 0.05) is 24.1 Å². The number of hydrogen-bond acceptors (Lipinski definition) is 4. The molecule has 2 aromatic rings. The van der Waals surface area contributed by atoms with Crippen molar-refractivity contribution in [3.8, 4) is 11.5 Å². The summed E-state index contributed by atoms with van der Waals surface area (Å²) in [6.07, 6.45) is 3.61. The van der Waals surface area contributed by atoms with E-state index in [0.717, 1.165) is 29.4 Å². The van der Waals surface area contributed by atoms with E-state index < -0.39 is 0 Å². The third-order valence-corrected chi connectivity index (χ3v) is 4.41. The van der Waals surface area contributed by atoms with Crippen LogP contribution in [0.3, 0.4) is 0 Å². The van der Waals surface area contributed by atoms with E-state index in [9.17, 15) is 4.79 Å². The first kappa shape index (κ1) is 15.9. The van der Waals surface area contributed by atoms with Crippen LogP contribution in [0, 0.1) is 6.92 Å². The van der Waals surface area contributed by atoms with Crippen LogP contribution in [-0.4, -0.2) is 43.2 Å². The molecule has 0 radical (unpaired) electrons. The van der Waals surface area contributed by atoms with Crippen molar-refractivity contribution in [2.45, 2.75) is 26.2 Å². The molecule has 0 saturated carbocycles. The molecule has 1 N–H and O–H groups in total. The molecular weight excluding hydrogens is 292 g/mol. The van der Waals surface area contributed by atoms with Gasteiger partial charge in [-0.1, -0.05) is 0 Å². The van der Waals surface area contributed by atoms with Crippen molar-refractivity contribution in [3.05, 3.63) is 34.1 Å². The lowest BCUT2D eigenvalue weighted by atomic mass is 10.1. The Kier molecular flexibility index (Phi) is 4.86. The van der Waals surface area contributed by atoms with E-state index in [1.807, 2.05) is 19.1 Å². The van der Waals surface area contributed by atoms with E-state index in [-0.39, 0.29) is 5.56 Å². The van der Waals surface area contributed by atoms with Crippen molar-refractivity contribution in [1.29, 1.82) is 0 Å². The molecule has 1 aliphatic rings. The maximum atomic E-state index is 11.6. The number of aromatic nitrogens is 1. The standard InChI is InChI=1S/C18H24N2O3/c1-13-10-18(21)19-15-12-17(16(22-2)11-14(13)15)23-9-5-8-20-6-3-4-7-20/h10-12H,3-9H2,1-2H3,(H,19,21). The molecular formula is C18H24N2O3. The molecule has 1 saturated heterocycles. The van der Waals surface area contributed by atoms with Crippen LogP contribution in [0.4, 0.5) is 0 Å². The Morgan fingerprint density at radius 2 is 1.96 bits per heavy atom. The number of ether oxygens (including phenoxy) is 2. The quantitative estimate of drug-likeness (QED) is 0.833. The second-order valence-electron chi connectivity index (χ2n) is 6.12. The number of benzene rings is 1. The summed E-state index contributed by atoms with van der Waals surface area (Å²) in [5, 5.41) is 0.978. The average Bonchev–Trinajstić information content (AvgIpc) is 3.04. The van der Waals surface area contributed by atoms with Gasteiger partial charge < -0.3 is 19.4 Å². The van der Waals surface area contributed by atoms with Gasteiger partial charge in [-0.2, -0.15) is 0 Å². The normalized spacial score (nSPS) is 15.2. The molecule has 0 bridgehead atoms. The second-order valence-corrected chi connectivity index (χ2v) is 6.12. The van der Waals surface area contributed by atoms with Gasteiger partial charge in [-0.05, 0) is 50.9 Å². The highest BCUT2D eigenvalue weighted by atomic mass is 16.5. The Morgan fingerprint density at radius 3 is 2.70 bits per heavy atom. The lowest BCUT2D eigenvalue weighted by Gasteiger charge is -2.16. The summed E-state index contributed by atoms with van der Waals surface area (Å²) in [7, 11) is 1.64. The van der Waals surface area contributed by atoms with E-state index in [1.165, 1.54) is 25.9 Å². The SMILES string of the molecule is COc1cc2c(C)cc(=O)[nH]c2cc1OCCCN1CCCC1. The number of hydrogen-bond donors (Lipinski definition) is 1. The number of aromatic amines is 1. The van der Waals surface area contributed by atoms with Gasteiger partial charge in [-0.15, -0.1) is 0 Å². The molecule has 0 unspecified atom stereocenters. The lowest BCUT2D eigenvalue weighted by molar-refractivity contribution is 0.254. The Labute approximate surface area is 136 Å². The van der Waals surface area contributed by atoms with Crippen molar-refractivity contribution >= 4 is 10.9 Å². The number of rotatable bonds is 6. The van der Waals surface area contributed by atoms with Crippen molar-refractivity contribution < 1.29 is 9.47 Å². The third kappa shape index (κ3) is 3.67. The molecule has 2 heterocycles. The number of aryl methyl sites for hydroxylation is 1. The fourth-order valence-corrected chi connectivity index (χ4v) is 3.18. The molecule has 0 aliphatic carbocycles. The number of fused-ring (bicyclic) bond motifs is 1. The van der Waals surface area contributed by atoms with Crippen LogP contribution in [0.15, 0.2) is 23.0 Å². The molecule has 0 atom stereocenters. The summed E-state index contributed by atoms with van der Waals surface area (Å²) in [4.78, 5) is 17.0. The molecule has 5 heteroatoms. The van der Waals surface area contributed by atoms with Gasteiger partial charge in [0.05, 0.1) is 19.2 Å². The number of methoxy groups -OCH3 is 1. The predicted octanol–water partition coefficient (Wildman–Crippen LogP) is 2.71. The first-order valence-electron chi connectivity index (χ1n) is 8.24. The zero-order valence-corrected chi connectivity index (χ0v) is 13.9. The highest BCUT2D eigenvalue weighted by Gasteiger charge is 2.12. The van der Waals surface area contributed by atoms with Crippen molar-refractivity contribution in [3.63, 3.8) is 0 Å². The summed E-state index contributed by atoms with van der Waals surface area (Å²) in [5.41, 5.74) is 1.62. The van der Waals surface area contributed by atoms with Gasteiger partial charge in [0.15, 0.2) is 11.5 Å². The molecule has 1 fully saturated rings. The minimum absolute atomic E-state index is 0.0971. The zero-order valence-electron chi connectivity index (χ0n) is 13.9. The number of H-pyrrole nitrogens is 1. The molecule has 1 aromatic heterocycles. The van der Waals surface area contributed by atoms with Crippen LogP contribution in [0.1, 0.15) is 24.8 Å². The molecule has 1 aromatic carbocycles. The summed E-state index contributed by atoms with van der Waals surface area (Å²) < 4.78 is 11.3. The van der Waals surface area contributed by atoms with Gasteiger partial charge in [0.25, 0.3) is 0 Å². The van der Waals surface area contributed by atoms with Crippen LogP contribution in [0.25, 0.3) is 10.9 Å². The van der Waals surface area contributed by atoms with Gasteiger partial charge in [-0.3, -0.25) is 4.79 Å². The topological polar surface area (TPSA) is 54.6 Å². The zero-order chi connectivity index (χ0) is 16.2. The molecule has 124 valence electrons. The first-order valence-corrected chi connectivity index (χ1v) is 8.24. The van der Waals surface area contributed by atoms with Crippen LogP contribution in [0.5, 0.6) is 11.5 Å². The molecule has 3 rings (SSSR count). The van der Waals surface area contributed by atoms with Gasteiger partial charge in [0.1, 0.15) is 0 Å². The summed E-state index contributed by atoms with van der Waals surface area (Å²) in [6.45, 7) is 6.06. The summed E-state index contributed by atoms with van der Waals surface area (Å²) in [5.74, 6) is 1.39. The molecule has 1 aliphatic heterocycles. The predicted molar refractivity (Wildman–Crippen MR) is 91.6 cm³/mol. The number of pyridine rings is 1. The maximum Gasteiger partial charge on any atom is 0.248 e. The van der Waals surface area contributed by atoms with Crippen LogP contribution >= 0.6 is 0 Å². The maximum absolute atomic E-state index is 11.6. The van der Waals surface area contributed by atoms with E-state index in [1.54, 1.807) is 13.2 Å². The fraction of sp³-hybridized carbons (Fsp3) is 0.500. The minimum atomic E-state index is -0.0971. The number of nitrogens with zero attached hydrogens (tertiary/aromatic N) is 1. The Bertz CT molecular complexity index is 733. The van der Waals surface area contributed by atoms with Crippen molar-refractivity contribution in [2.24, 2.45) is 0 Å². The summed E-state index contributed by atoms with van der Waals surface area (Å²) >= 11 is 0. The second kappa shape index (κ2) is 7.04. The largest absolute Gasteiger partial charge is 0.493 e. The van der Waals surface area contributed by atoms with E-state index in [0.29, 0.717) is 18.1 Å². The van der Waals surface area contributed by atoms with E-state index >= 15 is 0 Å². The van der Waals surface area contributed by atoms with Gasteiger partial charge in [0.2, 0.25) is 5.56 Å². The van der Waals surface area contributed by atoms with Crippen molar-refractivity contribution in [2.75, 3.05) is 33.4 Å². The summed E-state index contributed by atoms with van der Waals surface area (Å²) in [6, 6.07) is 5.38. The van der Waals surface area contributed by atoms with Crippen LogP contribution in [-0.2, 0) is 0 Å². The van der Waals surface area contributed by atoms with E-state index in [2.05, 4.69) is 9.88 Å². The lowest BCUT2D eigenvalue weighted by Crippen LogP contribution is -2.21. The third-order valence-electron chi connectivity index (χ3n) is 4.41. The van der Waals surface area contributed by atoms with Crippen LogP contribution < -0.4 is 15.0 Å². The average molecular weight is 316 g/mol. The van der Waals surface area contributed by atoms with Crippen LogP contribution in [0.2, 0.25) is 0 Å².